The van der Waals surface area contributed by atoms with Gasteiger partial charge in [0.25, 0.3) is 11.8 Å². The Morgan fingerprint density at radius 1 is 1.33 bits per heavy atom. The predicted molar refractivity (Wildman–Crippen MR) is 99.6 cm³/mol. The molecule has 0 saturated heterocycles. The van der Waals surface area contributed by atoms with Crippen LogP contribution in [0.25, 0.3) is 0 Å². The van der Waals surface area contributed by atoms with E-state index in [9.17, 15) is 9.59 Å². The van der Waals surface area contributed by atoms with Gasteiger partial charge < -0.3 is 19.7 Å². The fourth-order valence-electron chi connectivity index (χ4n) is 3.44. The van der Waals surface area contributed by atoms with Gasteiger partial charge in [-0.05, 0) is 32.9 Å². The van der Waals surface area contributed by atoms with E-state index in [1.54, 1.807) is 48.7 Å². The molecule has 0 unspecified atom stereocenters. The molecule has 0 spiro atoms. The van der Waals surface area contributed by atoms with Crippen LogP contribution in [0.15, 0.2) is 18.2 Å². The van der Waals surface area contributed by atoms with Crippen molar-refractivity contribution < 1.29 is 19.1 Å². The van der Waals surface area contributed by atoms with E-state index >= 15 is 0 Å². The maximum atomic E-state index is 12.7. The van der Waals surface area contributed by atoms with E-state index < -0.39 is 5.60 Å². The summed E-state index contributed by atoms with van der Waals surface area (Å²) in [6.45, 7) is 6.65. The molecule has 0 saturated carbocycles. The molecule has 1 N–H and O–H groups in total. The topological polar surface area (TPSA) is 85.7 Å². The Morgan fingerprint density at radius 3 is 2.85 bits per heavy atom. The second kappa shape index (κ2) is 6.00. The van der Waals surface area contributed by atoms with Crippen molar-refractivity contribution in [3.8, 4) is 11.6 Å². The number of aryl methyl sites for hydroxylation is 1. The Morgan fingerprint density at radius 2 is 2.11 bits per heavy atom. The van der Waals surface area contributed by atoms with E-state index in [4.69, 9.17) is 9.47 Å². The van der Waals surface area contributed by atoms with Gasteiger partial charge in [-0.1, -0.05) is 0 Å². The fourth-order valence-corrected chi connectivity index (χ4v) is 3.44. The molecule has 2 aliphatic heterocycles. The van der Waals surface area contributed by atoms with Crippen LogP contribution in [0.3, 0.4) is 0 Å². The van der Waals surface area contributed by atoms with E-state index in [0.29, 0.717) is 35.3 Å². The summed E-state index contributed by atoms with van der Waals surface area (Å²) >= 11 is 0. The minimum atomic E-state index is -0.957. The highest BCUT2D eigenvalue weighted by Crippen LogP contribution is 2.38. The summed E-state index contributed by atoms with van der Waals surface area (Å²) in [6, 6.07) is 5.22. The summed E-state index contributed by atoms with van der Waals surface area (Å²) in [7, 11) is 1.71. The molecule has 2 aliphatic rings. The Bertz CT molecular complexity index is 947. The molecule has 2 amide bonds. The number of ether oxygens (including phenoxy) is 2. The molecule has 0 aliphatic carbocycles. The molecule has 1 aromatic carbocycles. The number of hydrogen-bond acceptors (Lipinski definition) is 5. The number of nitrogens with one attached hydrogen (secondary N) is 1. The van der Waals surface area contributed by atoms with E-state index in [1.165, 1.54) is 0 Å². The Balaban J connectivity index is 1.60. The molecule has 3 heterocycles. The zero-order valence-electron chi connectivity index (χ0n) is 15.8. The Kier molecular flexibility index (Phi) is 3.87. The molecule has 142 valence electrons. The van der Waals surface area contributed by atoms with Crippen LogP contribution in [0.1, 0.15) is 36.3 Å². The fraction of sp³-hybridized carbons (Fsp3) is 0.421. The summed E-state index contributed by atoms with van der Waals surface area (Å²) in [5.41, 5.74) is 1.36. The molecular weight excluding hydrogens is 348 g/mol. The van der Waals surface area contributed by atoms with Gasteiger partial charge in [-0.2, -0.15) is 5.10 Å². The lowest BCUT2D eigenvalue weighted by Crippen LogP contribution is -2.50. The molecule has 0 fully saturated rings. The van der Waals surface area contributed by atoms with Crippen molar-refractivity contribution in [2.45, 2.75) is 39.3 Å². The van der Waals surface area contributed by atoms with Gasteiger partial charge in [0.2, 0.25) is 5.88 Å². The predicted octanol–water partition coefficient (Wildman–Crippen LogP) is 2.36. The molecule has 8 heteroatoms. The smallest absolute Gasteiger partial charge is 0.276 e. The second-order valence-electron chi connectivity index (χ2n) is 7.32. The van der Waals surface area contributed by atoms with E-state index in [-0.39, 0.29) is 11.8 Å². The quantitative estimate of drug-likeness (QED) is 0.877. The minimum absolute atomic E-state index is 0.119. The lowest BCUT2D eigenvalue weighted by atomic mass is 10.0. The first kappa shape index (κ1) is 17.4. The number of nitrogens with zero attached hydrogens (tertiary/aromatic N) is 3. The third kappa shape index (κ3) is 2.81. The van der Waals surface area contributed by atoms with Gasteiger partial charge in [0.05, 0.1) is 12.3 Å². The number of carbonyl (C=O) groups excluding carboxylic acids is 2. The van der Waals surface area contributed by atoms with Gasteiger partial charge in [0.1, 0.15) is 5.75 Å². The summed E-state index contributed by atoms with van der Waals surface area (Å²) < 4.78 is 13.2. The molecule has 4 rings (SSSR count). The van der Waals surface area contributed by atoms with Crippen molar-refractivity contribution in [1.29, 1.82) is 0 Å². The zero-order chi connectivity index (χ0) is 19.3. The largest absolute Gasteiger partial charge is 0.478 e. The van der Waals surface area contributed by atoms with Crippen LogP contribution in [-0.4, -0.2) is 40.9 Å². The monoisotopic (exact) mass is 370 g/mol. The molecule has 27 heavy (non-hydrogen) atoms. The van der Waals surface area contributed by atoms with Crippen molar-refractivity contribution in [3.05, 3.63) is 29.5 Å². The van der Waals surface area contributed by atoms with Gasteiger partial charge in [-0.15, -0.1) is 0 Å². The molecule has 2 aromatic rings. The first-order chi connectivity index (χ1) is 12.8. The summed E-state index contributed by atoms with van der Waals surface area (Å²) in [4.78, 5) is 26.6. The van der Waals surface area contributed by atoms with Crippen LogP contribution in [0.2, 0.25) is 0 Å². The van der Waals surface area contributed by atoms with E-state index in [1.807, 2.05) is 6.92 Å². The number of benzene rings is 1. The molecular formula is C19H22N4O4. The van der Waals surface area contributed by atoms with Gasteiger partial charge in [0.15, 0.2) is 11.3 Å². The van der Waals surface area contributed by atoms with Gasteiger partial charge in [-0.25, -0.2) is 4.68 Å². The van der Waals surface area contributed by atoms with Gasteiger partial charge >= 0.3 is 0 Å². The van der Waals surface area contributed by atoms with Gasteiger partial charge in [0, 0.05) is 37.3 Å². The lowest BCUT2D eigenvalue weighted by molar-refractivity contribution is -0.132. The van der Waals surface area contributed by atoms with Crippen molar-refractivity contribution in [1.82, 2.24) is 9.78 Å². The number of aromatic nitrogens is 2. The van der Waals surface area contributed by atoms with Crippen molar-refractivity contribution in [3.63, 3.8) is 0 Å². The van der Waals surface area contributed by atoms with Crippen molar-refractivity contribution in [2.75, 3.05) is 23.9 Å². The third-order valence-electron chi connectivity index (χ3n) is 4.86. The van der Waals surface area contributed by atoms with Gasteiger partial charge in [-0.3, -0.25) is 9.59 Å². The van der Waals surface area contributed by atoms with Crippen molar-refractivity contribution in [2.24, 2.45) is 0 Å². The van der Waals surface area contributed by atoms with E-state index in [0.717, 1.165) is 18.5 Å². The maximum absolute atomic E-state index is 12.7. The summed E-state index contributed by atoms with van der Waals surface area (Å²) in [5.74, 6) is 0.773. The Hall–Kier alpha value is -3.03. The number of hydrogen-bond donors (Lipinski definition) is 1. The number of rotatable bonds is 2. The zero-order valence-corrected chi connectivity index (χ0v) is 15.8. The lowest BCUT2D eigenvalue weighted by Gasteiger charge is -2.37. The molecule has 0 atom stereocenters. The second-order valence-corrected chi connectivity index (χ2v) is 7.32. The summed E-state index contributed by atoms with van der Waals surface area (Å²) in [5, 5.41) is 7.23. The van der Waals surface area contributed by atoms with Crippen LogP contribution >= 0.6 is 0 Å². The maximum Gasteiger partial charge on any atom is 0.276 e. The Labute approximate surface area is 157 Å². The average molecular weight is 370 g/mol. The molecule has 0 bridgehead atoms. The summed E-state index contributed by atoms with van der Waals surface area (Å²) in [6.07, 6.45) is 0.874. The first-order valence-electron chi connectivity index (χ1n) is 8.91. The standard InChI is InChI=1S/C19H22N4O4/c1-11-15(21-23-8-5-9-26-17(11)23)16(24)20-12-6-7-13-14(10-12)27-19(2,3)18(25)22(13)4/h6-7,10H,5,8-9H2,1-4H3,(H,20,24). The number of carbonyl (C=O) groups is 2. The van der Waals surface area contributed by atoms with E-state index in [2.05, 4.69) is 10.4 Å². The minimum Gasteiger partial charge on any atom is -0.478 e. The first-order valence-corrected chi connectivity index (χ1v) is 8.91. The highest BCUT2D eigenvalue weighted by atomic mass is 16.5. The third-order valence-corrected chi connectivity index (χ3v) is 4.86. The average Bonchev–Trinajstić information content (AvgIpc) is 2.97. The van der Waals surface area contributed by atoms with Crippen LogP contribution in [0.5, 0.6) is 11.6 Å². The highest BCUT2D eigenvalue weighted by molar-refractivity contribution is 6.05. The number of likely N-dealkylation sites (N-methyl/N-ethyl adjacent to an activating group) is 1. The number of amides is 2. The molecule has 0 radical (unpaired) electrons. The van der Waals surface area contributed by atoms with Crippen LogP contribution in [0.4, 0.5) is 11.4 Å². The molecule has 1 aromatic heterocycles. The highest BCUT2D eigenvalue weighted by Gasteiger charge is 2.39. The van der Waals surface area contributed by atoms with Crippen LogP contribution in [-0.2, 0) is 11.3 Å². The SMILES string of the molecule is Cc1c(C(=O)Nc2ccc3c(c2)OC(C)(C)C(=O)N3C)nn2c1OCCC2. The van der Waals surface area contributed by atoms with Crippen LogP contribution in [0, 0.1) is 6.92 Å². The number of fused-ring (bicyclic) bond motifs is 2. The number of anilines is 2. The van der Waals surface area contributed by atoms with Crippen molar-refractivity contribution >= 4 is 23.2 Å². The molecule has 8 nitrogen and oxygen atoms in total. The van der Waals surface area contributed by atoms with Crippen LogP contribution < -0.4 is 19.7 Å². The normalized spacial score (nSPS) is 17.5.